The highest BCUT2D eigenvalue weighted by atomic mass is 19.3. The average molecular weight is 322 g/mol. The summed E-state index contributed by atoms with van der Waals surface area (Å²) in [7, 11) is 0. The Bertz CT molecular complexity index is 497. The summed E-state index contributed by atoms with van der Waals surface area (Å²) in [5.74, 6) is -4.68. The minimum atomic E-state index is -4.17. The van der Waals surface area contributed by atoms with Crippen LogP contribution in [0.5, 0.6) is 0 Å². The molecule has 0 heterocycles. The van der Waals surface area contributed by atoms with Gasteiger partial charge in [0.2, 0.25) is 5.91 Å². The molecule has 4 nitrogen and oxygen atoms in total. The molecule has 0 aliphatic rings. The van der Waals surface area contributed by atoms with E-state index in [0.717, 1.165) is 0 Å². The smallest absolute Gasteiger partial charge is 0.330 e. The van der Waals surface area contributed by atoms with Crippen molar-refractivity contribution < 1.29 is 27.1 Å². The number of amides is 1. The molecule has 1 aromatic carbocycles. The number of alkyl halides is 4. The first-order chi connectivity index (χ1) is 10.3. The lowest BCUT2D eigenvalue weighted by Crippen LogP contribution is -2.34. The first kappa shape index (κ1) is 18.2. The number of carbonyl (C=O) groups is 1. The van der Waals surface area contributed by atoms with Gasteiger partial charge in [0, 0.05) is 5.69 Å². The van der Waals surface area contributed by atoms with Crippen LogP contribution in [0.3, 0.4) is 0 Å². The van der Waals surface area contributed by atoms with Gasteiger partial charge in [-0.2, -0.15) is 8.78 Å². The maximum Gasteiger partial charge on any atom is 0.330 e. The number of rotatable bonds is 9. The predicted molar refractivity (Wildman–Crippen MR) is 73.9 cm³/mol. The van der Waals surface area contributed by atoms with Gasteiger partial charge < -0.3 is 15.8 Å². The number of halogens is 4. The standard InChI is InChI=1S/C14H18F4N2O2/c1-2-11(12(19)21)20-10-5-3-4-9(6-10)7-22-8-14(17,18)13(15)16/h3-6,11,13,20H,2,7-8H2,1H3,(H2,19,21)/t11-/m1/s1. The van der Waals surface area contributed by atoms with Crippen molar-refractivity contribution in [3.63, 3.8) is 0 Å². The Morgan fingerprint density at radius 1 is 1.41 bits per heavy atom. The minimum absolute atomic E-state index is 0.245. The Kier molecular flexibility index (Phi) is 6.61. The van der Waals surface area contributed by atoms with Crippen molar-refractivity contribution >= 4 is 11.6 Å². The maximum atomic E-state index is 12.7. The molecule has 0 aliphatic carbocycles. The molecule has 0 saturated heterocycles. The second kappa shape index (κ2) is 7.98. The zero-order valence-corrected chi connectivity index (χ0v) is 12.0. The lowest BCUT2D eigenvalue weighted by molar-refractivity contribution is -0.168. The molecule has 124 valence electrons. The van der Waals surface area contributed by atoms with Crippen molar-refractivity contribution in [1.82, 2.24) is 0 Å². The van der Waals surface area contributed by atoms with E-state index in [2.05, 4.69) is 10.1 Å². The summed E-state index contributed by atoms with van der Waals surface area (Å²) in [6.45, 7) is 0.175. The Labute approximate surface area is 125 Å². The van der Waals surface area contributed by atoms with E-state index >= 15 is 0 Å². The molecule has 22 heavy (non-hydrogen) atoms. The van der Waals surface area contributed by atoms with Crippen molar-refractivity contribution in [2.24, 2.45) is 5.73 Å². The van der Waals surface area contributed by atoms with Gasteiger partial charge in [-0.15, -0.1) is 0 Å². The maximum absolute atomic E-state index is 12.7. The fourth-order valence-electron chi connectivity index (χ4n) is 1.69. The van der Waals surface area contributed by atoms with Crippen LogP contribution in [-0.4, -0.2) is 30.9 Å². The second-order valence-electron chi connectivity index (χ2n) is 4.76. The molecule has 0 unspecified atom stereocenters. The van der Waals surface area contributed by atoms with Gasteiger partial charge in [-0.1, -0.05) is 19.1 Å². The Morgan fingerprint density at radius 2 is 2.09 bits per heavy atom. The third-order valence-corrected chi connectivity index (χ3v) is 2.90. The average Bonchev–Trinajstić information content (AvgIpc) is 2.44. The Balaban J connectivity index is 2.59. The summed E-state index contributed by atoms with van der Waals surface area (Å²) < 4.78 is 54.0. The molecule has 0 bridgehead atoms. The summed E-state index contributed by atoms with van der Waals surface area (Å²) in [5, 5.41) is 2.90. The largest absolute Gasteiger partial charge is 0.374 e. The monoisotopic (exact) mass is 322 g/mol. The summed E-state index contributed by atoms with van der Waals surface area (Å²) in [6, 6.07) is 5.91. The molecular formula is C14H18F4N2O2. The number of nitrogens with two attached hydrogens (primary N) is 1. The quantitative estimate of drug-likeness (QED) is 0.687. The highest BCUT2D eigenvalue weighted by molar-refractivity contribution is 5.82. The van der Waals surface area contributed by atoms with E-state index in [1.807, 2.05) is 0 Å². The molecule has 8 heteroatoms. The van der Waals surface area contributed by atoms with Gasteiger partial charge in [-0.25, -0.2) is 8.78 Å². The molecule has 1 amide bonds. The van der Waals surface area contributed by atoms with Crippen LogP contribution in [0, 0.1) is 0 Å². The van der Waals surface area contributed by atoms with E-state index in [-0.39, 0.29) is 6.61 Å². The van der Waals surface area contributed by atoms with Crippen LogP contribution in [0.25, 0.3) is 0 Å². The molecule has 0 aromatic heterocycles. The lowest BCUT2D eigenvalue weighted by atomic mass is 10.1. The zero-order chi connectivity index (χ0) is 16.8. The Morgan fingerprint density at radius 3 is 2.64 bits per heavy atom. The molecule has 1 atom stereocenters. The molecule has 3 N–H and O–H groups in total. The molecule has 0 saturated carbocycles. The highest BCUT2D eigenvalue weighted by Crippen LogP contribution is 2.23. The van der Waals surface area contributed by atoms with Gasteiger partial charge in [0.25, 0.3) is 0 Å². The van der Waals surface area contributed by atoms with Gasteiger partial charge in [-0.3, -0.25) is 4.79 Å². The predicted octanol–water partition coefficient (Wildman–Crippen LogP) is 2.78. The van der Waals surface area contributed by atoms with E-state index in [4.69, 9.17) is 5.73 Å². The van der Waals surface area contributed by atoms with Crippen LogP contribution in [-0.2, 0) is 16.1 Å². The number of nitrogens with one attached hydrogen (secondary N) is 1. The van der Waals surface area contributed by atoms with Gasteiger partial charge >= 0.3 is 12.3 Å². The van der Waals surface area contributed by atoms with Crippen molar-refractivity contribution in [1.29, 1.82) is 0 Å². The molecule has 0 aliphatic heterocycles. The molecular weight excluding hydrogens is 304 g/mol. The SMILES string of the molecule is CC[C@@H](Nc1cccc(COCC(F)(F)C(F)F)c1)C(N)=O. The van der Waals surface area contributed by atoms with Crippen LogP contribution < -0.4 is 11.1 Å². The van der Waals surface area contributed by atoms with Crippen LogP contribution in [0.15, 0.2) is 24.3 Å². The second-order valence-corrected chi connectivity index (χ2v) is 4.76. The third kappa shape index (κ3) is 5.51. The molecule has 1 rings (SSSR count). The van der Waals surface area contributed by atoms with Gasteiger partial charge in [0.1, 0.15) is 12.6 Å². The number of ether oxygens (including phenoxy) is 1. The highest BCUT2D eigenvalue weighted by Gasteiger charge is 2.40. The van der Waals surface area contributed by atoms with Crippen molar-refractivity contribution in [3.8, 4) is 0 Å². The summed E-state index contributed by atoms with van der Waals surface area (Å²) in [4.78, 5) is 11.1. The number of hydrogen-bond donors (Lipinski definition) is 2. The molecule has 0 fully saturated rings. The normalized spacial score (nSPS) is 13.2. The fraction of sp³-hybridized carbons (Fsp3) is 0.500. The first-order valence-corrected chi connectivity index (χ1v) is 6.64. The van der Waals surface area contributed by atoms with E-state index in [1.165, 1.54) is 0 Å². The van der Waals surface area contributed by atoms with E-state index in [0.29, 0.717) is 17.7 Å². The Hall–Kier alpha value is -1.83. The zero-order valence-electron chi connectivity index (χ0n) is 12.0. The minimum Gasteiger partial charge on any atom is -0.374 e. The number of primary amides is 1. The third-order valence-electron chi connectivity index (χ3n) is 2.90. The number of benzene rings is 1. The topological polar surface area (TPSA) is 64.3 Å². The van der Waals surface area contributed by atoms with Crippen LogP contribution in [0.2, 0.25) is 0 Å². The van der Waals surface area contributed by atoms with Crippen molar-refractivity contribution in [2.45, 2.75) is 38.3 Å². The van der Waals surface area contributed by atoms with Crippen LogP contribution in [0.4, 0.5) is 23.2 Å². The van der Waals surface area contributed by atoms with E-state index < -0.39 is 30.9 Å². The summed E-state index contributed by atoms with van der Waals surface area (Å²) in [6.07, 6.45) is -3.28. The molecule has 1 aromatic rings. The van der Waals surface area contributed by atoms with Crippen LogP contribution >= 0.6 is 0 Å². The van der Waals surface area contributed by atoms with Gasteiger partial charge in [0.05, 0.1) is 6.61 Å². The summed E-state index contributed by atoms with van der Waals surface area (Å²) >= 11 is 0. The van der Waals surface area contributed by atoms with Crippen molar-refractivity contribution in [3.05, 3.63) is 29.8 Å². The molecule has 0 radical (unpaired) electrons. The first-order valence-electron chi connectivity index (χ1n) is 6.64. The fourth-order valence-corrected chi connectivity index (χ4v) is 1.69. The van der Waals surface area contributed by atoms with Gasteiger partial charge in [-0.05, 0) is 24.1 Å². The number of anilines is 1. The van der Waals surface area contributed by atoms with E-state index in [1.54, 1.807) is 31.2 Å². The van der Waals surface area contributed by atoms with E-state index in [9.17, 15) is 22.4 Å². The summed E-state index contributed by atoms with van der Waals surface area (Å²) in [5.41, 5.74) is 6.28. The van der Waals surface area contributed by atoms with Crippen molar-refractivity contribution in [2.75, 3.05) is 11.9 Å². The van der Waals surface area contributed by atoms with Gasteiger partial charge in [0.15, 0.2) is 0 Å². The lowest BCUT2D eigenvalue weighted by Gasteiger charge is -2.17. The number of carbonyl (C=O) groups excluding carboxylic acids is 1. The number of hydrogen-bond acceptors (Lipinski definition) is 3. The van der Waals surface area contributed by atoms with Crippen LogP contribution in [0.1, 0.15) is 18.9 Å². The molecule has 0 spiro atoms.